The van der Waals surface area contributed by atoms with Crippen LogP contribution in [0.5, 0.6) is 0 Å². The Balaban J connectivity index is 1.76. The highest BCUT2D eigenvalue weighted by Gasteiger charge is 2.22. The van der Waals surface area contributed by atoms with E-state index in [9.17, 15) is 0 Å². The molecule has 0 fully saturated rings. The lowest BCUT2D eigenvalue weighted by atomic mass is 9.91. The van der Waals surface area contributed by atoms with E-state index in [1.165, 1.54) is 60.9 Å². The number of hydrogen-bond donors (Lipinski definition) is 0. The third kappa shape index (κ3) is 3.66. The van der Waals surface area contributed by atoms with E-state index < -0.39 is 0 Å². The van der Waals surface area contributed by atoms with Gasteiger partial charge in [-0.1, -0.05) is 109 Å². The molecular weight excluding hydrogens is 422 g/mol. The minimum atomic E-state index is 1.18. The summed E-state index contributed by atoms with van der Waals surface area (Å²) in [6.07, 6.45) is 0. The second-order valence-electron chi connectivity index (χ2n) is 9.12. The van der Waals surface area contributed by atoms with E-state index in [1.54, 1.807) is 0 Å². The van der Waals surface area contributed by atoms with Crippen LogP contribution < -0.4 is 4.90 Å². The quantitative estimate of drug-likeness (QED) is 0.259. The molecule has 0 aliphatic carbocycles. The van der Waals surface area contributed by atoms with E-state index in [4.69, 9.17) is 0 Å². The minimum Gasteiger partial charge on any atom is -0.309 e. The van der Waals surface area contributed by atoms with Crippen molar-refractivity contribution in [2.75, 3.05) is 4.90 Å². The molecule has 0 atom stereocenters. The Bertz CT molecular complexity index is 1630. The Labute approximate surface area is 206 Å². The van der Waals surface area contributed by atoms with Crippen LogP contribution in [0, 0.1) is 13.8 Å². The number of rotatable bonds is 4. The summed E-state index contributed by atoms with van der Waals surface area (Å²) in [4.78, 5) is 2.44. The molecule has 35 heavy (non-hydrogen) atoms. The van der Waals surface area contributed by atoms with Crippen molar-refractivity contribution in [3.63, 3.8) is 0 Å². The summed E-state index contributed by atoms with van der Waals surface area (Å²) in [6.45, 7) is 4.39. The molecule has 0 radical (unpaired) electrons. The second-order valence-corrected chi connectivity index (χ2v) is 9.12. The summed E-state index contributed by atoms with van der Waals surface area (Å²) < 4.78 is 0. The predicted molar refractivity (Wildman–Crippen MR) is 151 cm³/mol. The van der Waals surface area contributed by atoms with Gasteiger partial charge in [-0.3, -0.25) is 0 Å². The highest BCUT2D eigenvalue weighted by Crippen LogP contribution is 2.47. The van der Waals surface area contributed by atoms with E-state index in [0.29, 0.717) is 0 Å². The number of anilines is 3. The highest BCUT2D eigenvalue weighted by molar-refractivity contribution is 6.11. The number of hydrogen-bond acceptors (Lipinski definition) is 1. The summed E-state index contributed by atoms with van der Waals surface area (Å²) in [7, 11) is 0. The molecule has 6 rings (SSSR count). The van der Waals surface area contributed by atoms with Gasteiger partial charge in [0.25, 0.3) is 0 Å². The first-order chi connectivity index (χ1) is 17.2. The van der Waals surface area contributed by atoms with Crippen molar-refractivity contribution in [2.45, 2.75) is 13.8 Å². The molecule has 0 aliphatic heterocycles. The number of aryl methyl sites for hydroxylation is 2. The van der Waals surface area contributed by atoms with Crippen LogP contribution >= 0.6 is 0 Å². The molecule has 1 nitrogen and oxygen atoms in total. The van der Waals surface area contributed by atoms with Gasteiger partial charge in [0.1, 0.15) is 0 Å². The molecule has 0 heterocycles. The lowest BCUT2D eigenvalue weighted by Gasteiger charge is -2.31. The maximum Gasteiger partial charge on any atom is 0.0546 e. The van der Waals surface area contributed by atoms with E-state index >= 15 is 0 Å². The topological polar surface area (TPSA) is 3.24 Å². The summed E-state index contributed by atoms with van der Waals surface area (Å²) in [5.74, 6) is 0. The molecule has 0 aliphatic rings. The van der Waals surface area contributed by atoms with Crippen molar-refractivity contribution >= 4 is 38.6 Å². The molecule has 168 valence electrons. The SMILES string of the molecule is Cc1ccccc1N(c1ccccc1C)c1ccc2ccccc2c1-c1cccc2ccccc12. The maximum atomic E-state index is 2.44. The Morgan fingerprint density at radius 3 is 1.57 bits per heavy atom. The smallest absolute Gasteiger partial charge is 0.0546 e. The van der Waals surface area contributed by atoms with Gasteiger partial charge in [-0.2, -0.15) is 0 Å². The first kappa shape index (κ1) is 21.2. The molecule has 0 N–H and O–H groups in total. The zero-order valence-corrected chi connectivity index (χ0v) is 20.1. The number of benzene rings is 6. The van der Waals surface area contributed by atoms with Crippen molar-refractivity contribution in [3.05, 3.63) is 139 Å². The molecule has 0 amide bonds. The summed E-state index contributed by atoms with van der Waals surface area (Å²) in [5, 5.41) is 5.02. The van der Waals surface area contributed by atoms with Gasteiger partial charge in [0.2, 0.25) is 0 Å². The average molecular weight is 450 g/mol. The van der Waals surface area contributed by atoms with Crippen molar-refractivity contribution in [3.8, 4) is 11.1 Å². The normalized spacial score (nSPS) is 11.1. The Morgan fingerprint density at radius 1 is 0.400 bits per heavy atom. The molecule has 0 spiro atoms. The van der Waals surface area contributed by atoms with Crippen molar-refractivity contribution in [1.29, 1.82) is 0 Å². The highest BCUT2D eigenvalue weighted by atomic mass is 15.1. The molecule has 0 saturated carbocycles. The number of para-hydroxylation sites is 2. The monoisotopic (exact) mass is 449 g/mol. The summed E-state index contributed by atoms with van der Waals surface area (Å²) in [6, 6.07) is 45.9. The van der Waals surface area contributed by atoms with Crippen LogP contribution in [0.3, 0.4) is 0 Å². The van der Waals surface area contributed by atoms with E-state index in [-0.39, 0.29) is 0 Å². The van der Waals surface area contributed by atoms with E-state index in [0.717, 1.165) is 0 Å². The summed E-state index contributed by atoms with van der Waals surface area (Å²) >= 11 is 0. The molecule has 6 aromatic carbocycles. The number of nitrogens with zero attached hydrogens (tertiary/aromatic N) is 1. The molecule has 0 saturated heterocycles. The fourth-order valence-electron chi connectivity index (χ4n) is 5.19. The zero-order valence-electron chi connectivity index (χ0n) is 20.1. The Morgan fingerprint density at radius 2 is 0.914 bits per heavy atom. The number of fused-ring (bicyclic) bond motifs is 2. The average Bonchev–Trinajstić information content (AvgIpc) is 2.90. The van der Waals surface area contributed by atoms with E-state index in [2.05, 4.69) is 146 Å². The van der Waals surface area contributed by atoms with Gasteiger partial charge in [-0.05, 0) is 70.3 Å². The van der Waals surface area contributed by atoms with Crippen molar-refractivity contribution in [2.24, 2.45) is 0 Å². The summed E-state index contributed by atoms with van der Waals surface area (Å²) in [5.41, 5.74) is 8.56. The first-order valence-electron chi connectivity index (χ1n) is 12.1. The van der Waals surface area contributed by atoms with Gasteiger partial charge in [0.05, 0.1) is 5.69 Å². The second kappa shape index (κ2) is 8.77. The molecular formula is C34H27N. The van der Waals surface area contributed by atoms with E-state index in [1.807, 2.05) is 0 Å². The van der Waals surface area contributed by atoms with Crippen LogP contribution in [-0.4, -0.2) is 0 Å². The van der Waals surface area contributed by atoms with Gasteiger partial charge in [-0.25, -0.2) is 0 Å². The van der Waals surface area contributed by atoms with Crippen LogP contribution in [0.15, 0.2) is 127 Å². The van der Waals surface area contributed by atoms with Crippen LogP contribution in [-0.2, 0) is 0 Å². The van der Waals surface area contributed by atoms with Crippen molar-refractivity contribution < 1.29 is 0 Å². The Hall–Kier alpha value is -4.36. The molecule has 6 aromatic rings. The maximum absolute atomic E-state index is 2.44. The largest absolute Gasteiger partial charge is 0.309 e. The van der Waals surface area contributed by atoms with Gasteiger partial charge in [0, 0.05) is 16.9 Å². The molecule has 0 bridgehead atoms. The van der Waals surface area contributed by atoms with Crippen LogP contribution in [0.25, 0.3) is 32.7 Å². The van der Waals surface area contributed by atoms with Gasteiger partial charge in [0.15, 0.2) is 0 Å². The third-order valence-electron chi connectivity index (χ3n) is 6.92. The molecule has 1 heteroatoms. The zero-order chi connectivity index (χ0) is 23.8. The first-order valence-corrected chi connectivity index (χ1v) is 12.1. The Kier molecular flexibility index (Phi) is 5.31. The van der Waals surface area contributed by atoms with Gasteiger partial charge < -0.3 is 4.90 Å². The predicted octanol–water partition coefficient (Wildman–Crippen LogP) is 9.75. The van der Waals surface area contributed by atoms with Crippen LogP contribution in [0.4, 0.5) is 17.1 Å². The lowest BCUT2D eigenvalue weighted by molar-refractivity contribution is 1.23. The molecule has 0 unspecified atom stereocenters. The lowest BCUT2D eigenvalue weighted by Crippen LogP contribution is -2.14. The third-order valence-corrected chi connectivity index (χ3v) is 6.92. The fourth-order valence-corrected chi connectivity index (χ4v) is 5.19. The van der Waals surface area contributed by atoms with Crippen molar-refractivity contribution in [1.82, 2.24) is 0 Å². The van der Waals surface area contributed by atoms with Crippen LogP contribution in [0.1, 0.15) is 11.1 Å². The van der Waals surface area contributed by atoms with Gasteiger partial charge >= 0.3 is 0 Å². The van der Waals surface area contributed by atoms with Gasteiger partial charge in [-0.15, -0.1) is 0 Å². The molecule has 0 aromatic heterocycles. The van der Waals surface area contributed by atoms with Crippen LogP contribution in [0.2, 0.25) is 0 Å². The fraction of sp³-hybridized carbons (Fsp3) is 0.0588. The minimum absolute atomic E-state index is 1.18. The standard InChI is InChI=1S/C34H27N/c1-24-12-3-9-20-31(24)35(32-21-10-4-13-25(32)2)33-23-22-27-15-6-8-18-29(27)34(33)30-19-11-16-26-14-5-7-17-28(26)30/h3-23H,1-2H3.